The van der Waals surface area contributed by atoms with Crippen LogP contribution in [0.3, 0.4) is 0 Å². The number of rotatable bonds is 3. The highest BCUT2D eigenvalue weighted by atomic mass is 32.1. The first-order chi connectivity index (χ1) is 6.79. The molecule has 0 unspecified atom stereocenters. The van der Waals surface area contributed by atoms with Gasteiger partial charge in [-0.3, -0.25) is 4.90 Å². The maximum atomic E-state index is 4.37. The van der Waals surface area contributed by atoms with Crippen LogP contribution >= 0.6 is 11.3 Å². The Morgan fingerprint density at radius 2 is 2.57 bits per heavy atom. The smallest absolute Gasteiger partial charge is 0.109 e. The summed E-state index contributed by atoms with van der Waals surface area (Å²) in [6, 6.07) is 1.12. The summed E-state index contributed by atoms with van der Waals surface area (Å²) in [5.41, 5.74) is 0. The average Bonchev–Trinajstić information content (AvgIpc) is 2.87. The Hall–Kier alpha value is -0.450. The van der Waals surface area contributed by atoms with Crippen LogP contribution in [-0.4, -0.2) is 36.1 Å². The highest BCUT2D eigenvalue weighted by molar-refractivity contribution is 7.09. The number of thiazole rings is 1. The molecule has 0 amide bonds. The van der Waals surface area contributed by atoms with Gasteiger partial charge in [0.15, 0.2) is 0 Å². The summed E-state index contributed by atoms with van der Waals surface area (Å²) >= 11 is 1.74. The minimum Gasteiger partial charge on any atom is -0.315 e. The van der Waals surface area contributed by atoms with Crippen molar-refractivity contribution in [1.82, 2.24) is 15.2 Å². The van der Waals surface area contributed by atoms with Gasteiger partial charge in [-0.05, 0) is 26.9 Å². The standard InChI is InChI=1S/C10H17N3S/c1-8(10-12-5-6-14-10)13(2)9-3-4-11-7-9/h5-6,8-9,11H,3-4,7H2,1-2H3/t8-,9-/m1/s1. The van der Waals surface area contributed by atoms with Gasteiger partial charge < -0.3 is 5.32 Å². The Kier molecular flexibility index (Phi) is 3.15. The summed E-state index contributed by atoms with van der Waals surface area (Å²) < 4.78 is 0. The van der Waals surface area contributed by atoms with Crippen LogP contribution in [0.2, 0.25) is 0 Å². The van der Waals surface area contributed by atoms with Gasteiger partial charge in [0.05, 0.1) is 6.04 Å². The zero-order valence-electron chi connectivity index (χ0n) is 8.73. The van der Waals surface area contributed by atoms with E-state index in [1.165, 1.54) is 11.4 Å². The highest BCUT2D eigenvalue weighted by Crippen LogP contribution is 2.24. The predicted molar refractivity (Wildman–Crippen MR) is 59.6 cm³/mol. The van der Waals surface area contributed by atoms with E-state index in [1.807, 2.05) is 11.6 Å². The van der Waals surface area contributed by atoms with Crippen molar-refractivity contribution in [2.75, 3.05) is 20.1 Å². The van der Waals surface area contributed by atoms with Crippen molar-refractivity contribution in [3.05, 3.63) is 16.6 Å². The molecule has 1 N–H and O–H groups in total. The van der Waals surface area contributed by atoms with E-state index in [9.17, 15) is 0 Å². The summed E-state index contributed by atoms with van der Waals surface area (Å²) in [6.07, 6.45) is 3.14. The Labute approximate surface area is 89.1 Å². The Morgan fingerprint density at radius 1 is 1.71 bits per heavy atom. The van der Waals surface area contributed by atoms with E-state index >= 15 is 0 Å². The van der Waals surface area contributed by atoms with Crippen molar-refractivity contribution in [2.24, 2.45) is 0 Å². The Bertz CT molecular complexity index is 267. The maximum absolute atomic E-state index is 4.37. The summed E-state index contributed by atoms with van der Waals surface area (Å²) in [5, 5.41) is 6.66. The quantitative estimate of drug-likeness (QED) is 0.821. The van der Waals surface area contributed by atoms with Gasteiger partial charge in [0.25, 0.3) is 0 Å². The van der Waals surface area contributed by atoms with Gasteiger partial charge in [0.1, 0.15) is 5.01 Å². The fourth-order valence-corrected chi connectivity index (χ4v) is 2.66. The number of hydrogen-bond acceptors (Lipinski definition) is 4. The van der Waals surface area contributed by atoms with Crippen molar-refractivity contribution in [3.8, 4) is 0 Å². The zero-order valence-corrected chi connectivity index (χ0v) is 9.55. The third-order valence-corrected chi connectivity index (χ3v) is 3.98. The second kappa shape index (κ2) is 4.38. The summed E-state index contributed by atoms with van der Waals surface area (Å²) in [6.45, 7) is 4.50. The van der Waals surface area contributed by atoms with Gasteiger partial charge in [-0.2, -0.15) is 0 Å². The molecule has 0 aromatic carbocycles. The van der Waals surface area contributed by atoms with Crippen LogP contribution in [0.1, 0.15) is 24.4 Å². The lowest BCUT2D eigenvalue weighted by Crippen LogP contribution is -2.35. The number of aromatic nitrogens is 1. The lowest BCUT2D eigenvalue weighted by Gasteiger charge is -2.28. The predicted octanol–water partition coefficient (Wildman–Crippen LogP) is 1.50. The van der Waals surface area contributed by atoms with Crippen LogP contribution in [0.5, 0.6) is 0 Å². The molecule has 2 rings (SSSR count). The molecule has 0 aliphatic carbocycles. The molecule has 1 aliphatic rings. The zero-order chi connectivity index (χ0) is 9.97. The molecular formula is C10H17N3S. The van der Waals surface area contributed by atoms with E-state index < -0.39 is 0 Å². The Morgan fingerprint density at radius 3 is 3.14 bits per heavy atom. The molecule has 14 heavy (non-hydrogen) atoms. The second-order valence-corrected chi connectivity index (χ2v) is 4.78. The minimum absolute atomic E-state index is 0.444. The van der Waals surface area contributed by atoms with Gasteiger partial charge in [0.2, 0.25) is 0 Å². The third kappa shape index (κ3) is 1.97. The SMILES string of the molecule is C[C@H](c1nccs1)N(C)[C@@H]1CCNC1. The molecule has 0 saturated carbocycles. The molecule has 1 fully saturated rings. The van der Waals surface area contributed by atoms with Crippen molar-refractivity contribution < 1.29 is 0 Å². The van der Waals surface area contributed by atoms with Crippen LogP contribution in [-0.2, 0) is 0 Å². The molecule has 4 heteroatoms. The van der Waals surface area contributed by atoms with Crippen molar-refractivity contribution in [3.63, 3.8) is 0 Å². The van der Waals surface area contributed by atoms with Crippen molar-refractivity contribution in [1.29, 1.82) is 0 Å². The molecule has 78 valence electrons. The molecule has 2 heterocycles. The average molecular weight is 211 g/mol. The van der Waals surface area contributed by atoms with E-state index in [0.29, 0.717) is 12.1 Å². The summed E-state index contributed by atoms with van der Waals surface area (Å²) in [4.78, 5) is 6.79. The monoisotopic (exact) mass is 211 g/mol. The molecular weight excluding hydrogens is 194 g/mol. The van der Waals surface area contributed by atoms with Crippen LogP contribution in [0.25, 0.3) is 0 Å². The Balaban J connectivity index is 2.00. The van der Waals surface area contributed by atoms with Gasteiger partial charge in [0, 0.05) is 24.2 Å². The fourth-order valence-electron chi connectivity index (χ4n) is 1.92. The van der Waals surface area contributed by atoms with E-state index in [1.54, 1.807) is 11.3 Å². The fraction of sp³-hybridized carbons (Fsp3) is 0.700. The molecule has 1 saturated heterocycles. The van der Waals surface area contributed by atoms with E-state index in [0.717, 1.165) is 13.1 Å². The molecule has 0 radical (unpaired) electrons. The molecule has 0 spiro atoms. The van der Waals surface area contributed by atoms with Crippen LogP contribution < -0.4 is 5.32 Å². The molecule has 1 aromatic heterocycles. The molecule has 3 nitrogen and oxygen atoms in total. The van der Waals surface area contributed by atoms with Crippen LogP contribution in [0, 0.1) is 0 Å². The van der Waals surface area contributed by atoms with Gasteiger partial charge >= 0.3 is 0 Å². The molecule has 2 atom stereocenters. The van der Waals surface area contributed by atoms with E-state index in [-0.39, 0.29) is 0 Å². The lowest BCUT2D eigenvalue weighted by molar-refractivity contribution is 0.196. The van der Waals surface area contributed by atoms with Gasteiger partial charge in [-0.15, -0.1) is 11.3 Å². The summed E-state index contributed by atoms with van der Waals surface area (Å²) in [5.74, 6) is 0. The van der Waals surface area contributed by atoms with E-state index in [4.69, 9.17) is 0 Å². The third-order valence-electron chi connectivity index (χ3n) is 3.03. The number of likely N-dealkylation sites (N-methyl/N-ethyl adjacent to an activating group) is 1. The normalized spacial score (nSPS) is 24.4. The van der Waals surface area contributed by atoms with Gasteiger partial charge in [-0.25, -0.2) is 4.98 Å². The summed E-state index contributed by atoms with van der Waals surface area (Å²) in [7, 11) is 2.20. The molecule has 1 aliphatic heterocycles. The number of hydrogen-bond donors (Lipinski definition) is 1. The van der Waals surface area contributed by atoms with Crippen molar-refractivity contribution >= 4 is 11.3 Å². The molecule has 1 aromatic rings. The number of nitrogens with zero attached hydrogens (tertiary/aromatic N) is 2. The molecule has 0 bridgehead atoms. The van der Waals surface area contributed by atoms with Crippen molar-refractivity contribution in [2.45, 2.75) is 25.4 Å². The van der Waals surface area contributed by atoms with Crippen LogP contribution in [0.15, 0.2) is 11.6 Å². The first-order valence-corrected chi connectivity index (χ1v) is 5.99. The van der Waals surface area contributed by atoms with Gasteiger partial charge in [-0.1, -0.05) is 0 Å². The highest BCUT2D eigenvalue weighted by Gasteiger charge is 2.24. The maximum Gasteiger partial charge on any atom is 0.109 e. The largest absolute Gasteiger partial charge is 0.315 e. The topological polar surface area (TPSA) is 28.2 Å². The first kappa shape index (κ1) is 10.1. The first-order valence-electron chi connectivity index (χ1n) is 5.11. The van der Waals surface area contributed by atoms with E-state index in [2.05, 4.69) is 29.2 Å². The lowest BCUT2D eigenvalue weighted by atomic mass is 10.2. The minimum atomic E-state index is 0.444. The number of nitrogens with one attached hydrogen (secondary N) is 1. The second-order valence-electron chi connectivity index (χ2n) is 3.86. The van der Waals surface area contributed by atoms with Crippen LogP contribution in [0.4, 0.5) is 0 Å².